The molecule has 0 aromatic rings. The Morgan fingerprint density at radius 3 is 2.21 bits per heavy atom. The highest BCUT2D eigenvalue weighted by atomic mass is 32.2. The molecule has 0 aliphatic carbocycles. The molecule has 0 aromatic carbocycles. The van der Waals surface area contributed by atoms with Crippen molar-refractivity contribution < 1.29 is 43.5 Å². The number of carboxylic acid groups (broad SMARTS) is 1. The minimum absolute atomic E-state index is 0.782. The van der Waals surface area contributed by atoms with Gasteiger partial charge in [0.1, 0.15) is 31.0 Å². The fourth-order valence-corrected chi connectivity index (χ4v) is 2.87. The topological polar surface area (TPSA) is 174 Å². The van der Waals surface area contributed by atoms with Gasteiger partial charge in [0, 0.05) is 0 Å². The quantitative estimate of drug-likeness (QED) is 0.294. The van der Waals surface area contributed by atoms with Crippen LogP contribution in [0.1, 0.15) is 0 Å². The Hall–Kier alpha value is -0.820. The van der Waals surface area contributed by atoms with Crippen LogP contribution < -0.4 is 4.72 Å². The monoisotopic (exact) mass is 301 g/mol. The van der Waals surface area contributed by atoms with Crippen LogP contribution >= 0.6 is 0 Å². The highest BCUT2D eigenvalue weighted by Crippen LogP contribution is 2.23. The Bertz CT molecular complexity index is 422. The van der Waals surface area contributed by atoms with Gasteiger partial charge in [0.25, 0.3) is 0 Å². The molecule has 1 saturated heterocycles. The number of sulfonamides is 1. The lowest BCUT2D eigenvalue weighted by molar-refractivity contribution is -0.207. The number of ether oxygens (including phenoxy) is 1. The lowest BCUT2D eigenvalue weighted by Gasteiger charge is -2.39. The number of carboxylic acids is 1. The van der Waals surface area contributed by atoms with E-state index in [4.69, 9.17) is 14.9 Å². The van der Waals surface area contributed by atoms with Gasteiger partial charge in [-0.05, 0) is 0 Å². The van der Waals surface area contributed by atoms with Crippen molar-refractivity contribution in [3.05, 3.63) is 0 Å². The van der Waals surface area contributed by atoms with Crippen molar-refractivity contribution in [1.29, 1.82) is 0 Å². The van der Waals surface area contributed by atoms with Gasteiger partial charge in [0.05, 0.1) is 6.61 Å². The molecule has 11 heteroatoms. The number of aliphatic hydroxyl groups is 4. The van der Waals surface area contributed by atoms with Crippen LogP contribution in [0.2, 0.25) is 0 Å². The molecule has 6 N–H and O–H groups in total. The van der Waals surface area contributed by atoms with Crippen molar-refractivity contribution in [3.63, 3.8) is 0 Å². The average Bonchev–Trinajstić information content (AvgIpc) is 2.34. The number of nitrogens with one attached hydrogen (secondary N) is 1. The molecule has 1 heterocycles. The van der Waals surface area contributed by atoms with Crippen LogP contribution in [0.5, 0.6) is 0 Å². The van der Waals surface area contributed by atoms with Crippen molar-refractivity contribution in [3.8, 4) is 0 Å². The largest absolute Gasteiger partial charge is 0.480 e. The molecule has 0 amide bonds. The average molecular weight is 301 g/mol. The SMILES string of the molecule is O=C(O)CNS(=O)(=O)[C@@H]1O[C@H](CO)[C@@H](O)[C@H](O)[C@H]1O. The van der Waals surface area contributed by atoms with E-state index in [1.165, 1.54) is 0 Å². The van der Waals surface area contributed by atoms with Crippen LogP contribution in [0.3, 0.4) is 0 Å². The molecule has 5 atom stereocenters. The molecule has 10 nitrogen and oxygen atoms in total. The summed E-state index contributed by atoms with van der Waals surface area (Å²) in [6, 6.07) is 0. The van der Waals surface area contributed by atoms with Gasteiger partial charge in [-0.1, -0.05) is 0 Å². The summed E-state index contributed by atoms with van der Waals surface area (Å²) >= 11 is 0. The summed E-state index contributed by atoms with van der Waals surface area (Å²) in [4.78, 5) is 10.3. The highest BCUT2D eigenvalue weighted by molar-refractivity contribution is 7.90. The summed E-state index contributed by atoms with van der Waals surface area (Å²) in [6.45, 7) is -1.72. The summed E-state index contributed by atoms with van der Waals surface area (Å²) in [5, 5.41) is 45.7. The maximum atomic E-state index is 11.7. The van der Waals surface area contributed by atoms with Crippen LogP contribution in [0, 0.1) is 0 Å². The van der Waals surface area contributed by atoms with Crippen molar-refractivity contribution >= 4 is 16.0 Å². The van der Waals surface area contributed by atoms with Gasteiger partial charge in [-0.15, -0.1) is 0 Å². The first-order valence-electron chi connectivity index (χ1n) is 5.21. The molecule has 1 fully saturated rings. The molecule has 0 saturated carbocycles. The van der Waals surface area contributed by atoms with Crippen molar-refractivity contribution in [2.24, 2.45) is 0 Å². The third-order valence-electron chi connectivity index (χ3n) is 2.58. The Balaban J connectivity index is 2.89. The smallest absolute Gasteiger partial charge is 0.318 e. The first-order chi connectivity index (χ1) is 8.70. The first-order valence-corrected chi connectivity index (χ1v) is 6.76. The predicted molar refractivity (Wildman–Crippen MR) is 58.3 cm³/mol. The molecule has 1 rings (SSSR count). The summed E-state index contributed by atoms with van der Waals surface area (Å²) in [5.74, 6) is -1.45. The van der Waals surface area contributed by atoms with Gasteiger partial charge in [0.2, 0.25) is 15.5 Å². The number of hydrogen-bond acceptors (Lipinski definition) is 8. The van der Waals surface area contributed by atoms with Gasteiger partial charge in [-0.2, -0.15) is 0 Å². The highest BCUT2D eigenvalue weighted by Gasteiger charge is 2.48. The second kappa shape index (κ2) is 6.09. The van der Waals surface area contributed by atoms with Crippen molar-refractivity contribution in [1.82, 2.24) is 4.72 Å². The van der Waals surface area contributed by atoms with E-state index in [2.05, 4.69) is 0 Å². The molecule has 0 unspecified atom stereocenters. The van der Waals surface area contributed by atoms with Crippen molar-refractivity contribution in [2.45, 2.75) is 29.9 Å². The Morgan fingerprint density at radius 1 is 1.16 bits per heavy atom. The lowest BCUT2D eigenvalue weighted by atomic mass is 10.0. The Kier molecular flexibility index (Phi) is 5.20. The fraction of sp³-hybridized carbons (Fsp3) is 0.875. The molecule has 1 aliphatic rings. The molecular weight excluding hydrogens is 286 g/mol. The summed E-state index contributed by atoms with van der Waals surface area (Å²) in [6.07, 6.45) is -6.91. The molecule has 0 aromatic heterocycles. The van der Waals surface area contributed by atoms with Crippen LogP contribution in [-0.2, 0) is 19.6 Å². The minimum atomic E-state index is -4.41. The number of rotatable bonds is 5. The zero-order chi connectivity index (χ0) is 14.8. The minimum Gasteiger partial charge on any atom is -0.480 e. The molecule has 1 aliphatic heterocycles. The summed E-state index contributed by atoms with van der Waals surface area (Å²) in [5.41, 5.74) is -2.00. The standard InChI is InChI=1S/C8H15NO9S/c10-2-3-5(13)6(14)7(15)8(18-3)19(16,17)9-1-4(11)12/h3,5-10,13-15H,1-2H2,(H,11,12)/t3-,5-,6+,7-,8+/m1/s1. The van der Waals surface area contributed by atoms with Crippen LogP contribution in [0.4, 0.5) is 0 Å². The van der Waals surface area contributed by atoms with E-state index in [-0.39, 0.29) is 0 Å². The molecule has 19 heavy (non-hydrogen) atoms. The number of carbonyl (C=O) groups is 1. The second-order valence-corrected chi connectivity index (χ2v) is 5.80. The number of aliphatic carboxylic acids is 1. The van der Waals surface area contributed by atoms with E-state index >= 15 is 0 Å². The predicted octanol–water partition coefficient (Wildman–Crippen LogP) is -4.21. The Morgan fingerprint density at radius 2 is 1.74 bits per heavy atom. The summed E-state index contributed by atoms with van der Waals surface area (Å²) < 4.78 is 29.8. The van der Waals surface area contributed by atoms with E-state index < -0.39 is 59.0 Å². The Labute approximate surface area is 108 Å². The number of aliphatic hydroxyl groups excluding tert-OH is 4. The fourth-order valence-electron chi connectivity index (χ4n) is 1.57. The van der Waals surface area contributed by atoms with Gasteiger partial charge in [0.15, 0.2) is 0 Å². The lowest BCUT2D eigenvalue weighted by Crippen LogP contribution is -2.62. The van der Waals surface area contributed by atoms with Gasteiger partial charge >= 0.3 is 5.97 Å². The van der Waals surface area contributed by atoms with E-state index in [1.54, 1.807) is 4.72 Å². The van der Waals surface area contributed by atoms with E-state index in [9.17, 15) is 28.5 Å². The molecule has 0 radical (unpaired) electrons. The van der Waals surface area contributed by atoms with Crippen LogP contribution in [0.25, 0.3) is 0 Å². The zero-order valence-corrected chi connectivity index (χ0v) is 10.4. The third kappa shape index (κ3) is 3.60. The molecule has 0 bridgehead atoms. The zero-order valence-electron chi connectivity index (χ0n) is 9.58. The molecular formula is C8H15NO9S. The third-order valence-corrected chi connectivity index (χ3v) is 4.13. The van der Waals surface area contributed by atoms with Gasteiger partial charge < -0.3 is 30.3 Å². The van der Waals surface area contributed by atoms with E-state index in [1.807, 2.05) is 0 Å². The van der Waals surface area contributed by atoms with Gasteiger partial charge in [-0.25, -0.2) is 13.1 Å². The maximum absolute atomic E-state index is 11.7. The van der Waals surface area contributed by atoms with Crippen LogP contribution in [-0.4, -0.2) is 82.9 Å². The first kappa shape index (κ1) is 16.2. The van der Waals surface area contributed by atoms with E-state index in [0.717, 1.165) is 0 Å². The molecule has 112 valence electrons. The summed E-state index contributed by atoms with van der Waals surface area (Å²) in [7, 11) is -4.41. The van der Waals surface area contributed by atoms with Gasteiger partial charge in [-0.3, -0.25) is 4.79 Å². The molecule has 0 spiro atoms. The second-order valence-electron chi connectivity index (χ2n) is 3.96. The normalized spacial score (nSPS) is 36.1. The van der Waals surface area contributed by atoms with Crippen LogP contribution in [0.15, 0.2) is 0 Å². The maximum Gasteiger partial charge on any atom is 0.318 e. The van der Waals surface area contributed by atoms with Crippen molar-refractivity contribution in [2.75, 3.05) is 13.2 Å². The number of hydrogen-bond donors (Lipinski definition) is 6. The van der Waals surface area contributed by atoms with E-state index in [0.29, 0.717) is 0 Å².